The fraction of sp³-hybridized carbons (Fsp3) is 0.333. The van der Waals surface area contributed by atoms with E-state index in [-0.39, 0.29) is 18.6 Å². The Bertz CT molecular complexity index is 1040. The van der Waals surface area contributed by atoms with Crippen molar-refractivity contribution in [1.82, 2.24) is 24.8 Å². The number of hydrogen-bond acceptors (Lipinski definition) is 9. The van der Waals surface area contributed by atoms with Crippen LogP contribution < -0.4 is 26.3 Å². The van der Waals surface area contributed by atoms with Gasteiger partial charge in [0.1, 0.15) is 5.52 Å². The van der Waals surface area contributed by atoms with Gasteiger partial charge < -0.3 is 35.6 Å². The largest absolute Gasteiger partial charge is 0.454 e. The van der Waals surface area contributed by atoms with E-state index in [4.69, 9.17) is 25.7 Å². The maximum Gasteiger partial charge on any atom is 0.407 e. The number of carbonyl (C=O) groups excluding carboxylic acids is 1. The molecule has 1 aliphatic rings. The Morgan fingerprint density at radius 3 is 2.97 bits per heavy atom. The van der Waals surface area contributed by atoms with Crippen molar-refractivity contribution in [3.63, 3.8) is 0 Å². The van der Waals surface area contributed by atoms with Crippen LogP contribution in [0.4, 0.5) is 16.6 Å². The topological polar surface area (TPSA) is 152 Å². The van der Waals surface area contributed by atoms with Gasteiger partial charge in [0, 0.05) is 13.1 Å². The third-order valence-corrected chi connectivity index (χ3v) is 4.41. The van der Waals surface area contributed by atoms with E-state index >= 15 is 0 Å². The average molecular weight is 399 g/mol. The molecule has 3 heterocycles. The summed E-state index contributed by atoms with van der Waals surface area (Å²) in [5.41, 5.74) is 13.5. The lowest BCUT2D eigenvalue weighted by molar-refractivity contribution is 0.143. The van der Waals surface area contributed by atoms with Gasteiger partial charge in [0.15, 0.2) is 23.0 Å². The Kier molecular flexibility index (Phi) is 5.18. The van der Waals surface area contributed by atoms with Crippen molar-refractivity contribution in [3.05, 3.63) is 30.1 Å². The van der Waals surface area contributed by atoms with Gasteiger partial charge in [-0.3, -0.25) is 0 Å². The van der Waals surface area contributed by atoms with E-state index in [1.54, 1.807) is 6.33 Å². The number of alkyl carbamates (subject to hydrolysis) is 1. The third kappa shape index (κ3) is 4.23. The zero-order chi connectivity index (χ0) is 20.2. The predicted octanol–water partition coefficient (Wildman–Crippen LogP) is 1.43. The van der Waals surface area contributed by atoms with Crippen LogP contribution in [0.25, 0.3) is 11.2 Å². The molecule has 0 radical (unpaired) electrons. The average Bonchev–Trinajstić information content (AvgIpc) is 3.32. The molecule has 11 nitrogen and oxygen atoms in total. The van der Waals surface area contributed by atoms with Gasteiger partial charge in [0.25, 0.3) is 0 Å². The highest BCUT2D eigenvalue weighted by atomic mass is 16.7. The standard InChI is InChI=1S/C18H21N7O4/c19-15-14-16(24-17(20)23-15)25(9-22-14)5-1-2-6-27-18(26)21-8-11-3-4-12-13(7-11)29-10-28-12/h3-4,7,9H,1-2,5-6,8,10H2,(H,21,26)(H4,19,20,23,24). The van der Waals surface area contributed by atoms with Crippen LogP contribution in [0.3, 0.4) is 0 Å². The second-order valence-electron chi connectivity index (χ2n) is 6.46. The van der Waals surface area contributed by atoms with Gasteiger partial charge in [-0.25, -0.2) is 9.78 Å². The van der Waals surface area contributed by atoms with Crippen LogP contribution in [0.1, 0.15) is 18.4 Å². The maximum atomic E-state index is 11.8. The molecule has 3 aromatic rings. The van der Waals surface area contributed by atoms with Crippen molar-refractivity contribution >= 4 is 29.0 Å². The normalized spacial score (nSPS) is 12.3. The molecule has 0 fully saturated rings. The molecule has 0 aliphatic carbocycles. The highest BCUT2D eigenvalue weighted by Crippen LogP contribution is 2.32. The van der Waals surface area contributed by atoms with E-state index in [2.05, 4.69) is 20.3 Å². The number of rotatable bonds is 7. The number of nitrogen functional groups attached to an aromatic ring is 2. The minimum Gasteiger partial charge on any atom is -0.454 e. The summed E-state index contributed by atoms with van der Waals surface area (Å²) in [6.07, 6.45) is 2.63. The number of fused-ring (bicyclic) bond motifs is 2. The first-order valence-corrected chi connectivity index (χ1v) is 9.13. The van der Waals surface area contributed by atoms with Gasteiger partial charge in [-0.05, 0) is 30.5 Å². The molecule has 1 aromatic carbocycles. The molecule has 0 unspecified atom stereocenters. The fourth-order valence-corrected chi connectivity index (χ4v) is 2.97. The summed E-state index contributed by atoms with van der Waals surface area (Å²) in [6, 6.07) is 5.52. The quantitative estimate of drug-likeness (QED) is 0.501. The minimum atomic E-state index is -0.468. The smallest absolute Gasteiger partial charge is 0.407 e. The number of nitrogens with two attached hydrogens (primary N) is 2. The number of benzene rings is 1. The first-order chi connectivity index (χ1) is 14.1. The Morgan fingerprint density at radius 1 is 1.21 bits per heavy atom. The first-order valence-electron chi connectivity index (χ1n) is 9.13. The summed E-state index contributed by atoms with van der Waals surface area (Å²) >= 11 is 0. The van der Waals surface area contributed by atoms with Crippen LogP contribution in [0.15, 0.2) is 24.5 Å². The highest BCUT2D eigenvalue weighted by Gasteiger charge is 2.13. The first kappa shape index (κ1) is 18.6. The second kappa shape index (κ2) is 8.09. The number of amides is 1. The zero-order valence-corrected chi connectivity index (χ0v) is 15.6. The summed E-state index contributed by atoms with van der Waals surface area (Å²) in [5.74, 6) is 1.75. The van der Waals surface area contributed by atoms with Crippen LogP contribution in [0.2, 0.25) is 0 Å². The van der Waals surface area contributed by atoms with Gasteiger partial charge in [-0.1, -0.05) is 6.07 Å². The van der Waals surface area contributed by atoms with Crippen molar-refractivity contribution in [2.24, 2.45) is 0 Å². The Morgan fingerprint density at radius 2 is 2.07 bits per heavy atom. The van der Waals surface area contributed by atoms with E-state index in [9.17, 15) is 4.79 Å². The molecular weight excluding hydrogens is 378 g/mol. The van der Waals surface area contributed by atoms with Crippen molar-refractivity contribution in [3.8, 4) is 11.5 Å². The molecule has 0 saturated carbocycles. The van der Waals surface area contributed by atoms with E-state index in [1.807, 2.05) is 22.8 Å². The molecule has 5 N–H and O–H groups in total. The van der Waals surface area contributed by atoms with Gasteiger partial charge in [0.05, 0.1) is 12.9 Å². The molecule has 0 saturated heterocycles. The molecule has 4 rings (SSSR count). The van der Waals surface area contributed by atoms with Gasteiger partial charge in [-0.2, -0.15) is 9.97 Å². The van der Waals surface area contributed by atoms with Crippen molar-refractivity contribution in [2.75, 3.05) is 24.9 Å². The number of hydrogen-bond donors (Lipinski definition) is 3. The molecular formula is C18H21N7O4. The van der Waals surface area contributed by atoms with Crippen LogP contribution in [0, 0.1) is 0 Å². The fourth-order valence-electron chi connectivity index (χ4n) is 2.97. The minimum absolute atomic E-state index is 0.110. The van der Waals surface area contributed by atoms with E-state index in [0.717, 1.165) is 12.0 Å². The predicted molar refractivity (Wildman–Crippen MR) is 104 cm³/mol. The van der Waals surface area contributed by atoms with Crippen LogP contribution in [0.5, 0.6) is 11.5 Å². The van der Waals surface area contributed by atoms with Crippen LogP contribution in [-0.2, 0) is 17.8 Å². The lowest BCUT2D eigenvalue weighted by atomic mass is 10.2. The Balaban J connectivity index is 1.18. The lowest BCUT2D eigenvalue weighted by Crippen LogP contribution is -2.24. The SMILES string of the molecule is Nc1nc(N)c2ncn(CCCCOC(=O)NCc3ccc4c(c3)OCO4)c2n1. The molecule has 0 bridgehead atoms. The molecule has 11 heteroatoms. The summed E-state index contributed by atoms with van der Waals surface area (Å²) in [4.78, 5) is 24.1. The highest BCUT2D eigenvalue weighted by molar-refractivity contribution is 5.82. The monoisotopic (exact) mass is 399 g/mol. The lowest BCUT2D eigenvalue weighted by Gasteiger charge is -2.08. The number of ether oxygens (including phenoxy) is 3. The summed E-state index contributed by atoms with van der Waals surface area (Å²) < 4.78 is 17.6. The molecule has 0 spiro atoms. The number of imidazole rings is 1. The van der Waals surface area contributed by atoms with Gasteiger partial charge in [-0.15, -0.1) is 0 Å². The number of unbranched alkanes of at least 4 members (excludes halogenated alkanes) is 1. The number of aryl methyl sites for hydroxylation is 1. The van der Waals surface area contributed by atoms with E-state index < -0.39 is 6.09 Å². The van der Waals surface area contributed by atoms with Gasteiger partial charge >= 0.3 is 6.09 Å². The Hall–Kier alpha value is -3.76. The molecule has 29 heavy (non-hydrogen) atoms. The molecule has 1 amide bonds. The van der Waals surface area contributed by atoms with Crippen LogP contribution in [-0.4, -0.2) is 39.0 Å². The number of nitrogens with one attached hydrogen (secondary N) is 1. The van der Waals surface area contributed by atoms with Crippen molar-refractivity contribution in [1.29, 1.82) is 0 Å². The molecule has 152 valence electrons. The maximum absolute atomic E-state index is 11.8. The van der Waals surface area contributed by atoms with Gasteiger partial charge in [0.2, 0.25) is 12.7 Å². The van der Waals surface area contributed by atoms with Crippen molar-refractivity contribution < 1.29 is 19.0 Å². The zero-order valence-electron chi connectivity index (χ0n) is 15.6. The number of nitrogens with zero attached hydrogens (tertiary/aromatic N) is 4. The second-order valence-corrected chi connectivity index (χ2v) is 6.46. The molecule has 2 aromatic heterocycles. The Labute approximate surface area is 166 Å². The van der Waals surface area contributed by atoms with E-state index in [0.29, 0.717) is 48.8 Å². The molecule has 0 atom stereocenters. The number of carbonyl (C=O) groups is 1. The number of anilines is 2. The molecule has 1 aliphatic heterocycles. The summed E-state index contributed by atoms with van der Waals surface area (Å²) in [5, 5.41) is 2.71. The number of aromatic nitrogens is 4. The van der Waals surface area contributed by atoms with Crippen LogP contribution >= 0.6 is 0 Å². The van der Waals surface area contributed by atoms with Crippen molar-refractivity contribution in [2.45, 2.75) is 25.9 Å². The van der Waals surface area contributed by atoms with E-state index in [1.165, 1.54) is 0 Å². The summed E-state index contributed by atoms with van der Waals surface area (Å²) in [7, 11) is 0. The third-order valence-electron chi connectivity index (χ3n) is 4.41. The summed E-state index contributed by atoms with van der Waals surface area (Å²) in [6.45, 7) is 1.52.